The molecule has 0 unspecified atom stereocenters. The smallest absolute Gasteiger partial charge is 0.159 e. The molecule has 0 radical (unpaired) electrons. The minimum atomic E-state index is -3.48. The Hall–Kier alpha value is -0.880. The van der Waals surface area contributed by atoms with Gasteiger partial charge in [0, 0.05) is 12.8 Å². The van der Waals surface area contributed by atoms with Crippen LogP contribution < -0.4 is 0 Å². The summed E-state index contributed by atoms with van der Waals surface area (Å²) in [6.07, 6.45) is 1.71. The molecule has 0 aromatic carbocycles. The van der Waals surface area contributed by atoms with E-state index in [-0.39, 0.29) is 12.2 Å². The Morgan fingerprint density at radius 1 is 1.35 bits per heavy atom. The van der Waals surface area contributed by atoms with Crippen molar-refractivity contribution in [3.8, 4) is 0 Å². The molecule has 0 spiro atoms. The molecule has 0 fully saturated rings. The molecule has 1 aromatic rings. The zero-order chi connectivity index (χ0) is 15.7. The highest BCUT2D eigenvalue weighted by Crippen LogP contribution is 2.25. The van der Waals surface area contributed by atoms with Crippen LogP contribution >= 0.6 is 11.6 Å². The van der Waals surface area contributed by atoms with Gasteiger partial charge in [-0.05, 0) is 27.2 Å². The standard InChI is InChI=1S/C13H21ClN2O3S/c1-6-9-12(14)10(16(7-2)15-9)8-11(17)13(3,4)20(5,18)19/h6-8H2,1-5H3. The number of aromatic nitrogens is 2. The van der Waals surface area contributed by atoms with E-state index in [2.05, 4.69) is 5.10 Å². The Morgan fingerprint density at radius 3 is 2.30 bits per heavy atom. The molecule has 0 bridgehead atoms. The van der Waals surface area contributed by atoms with Crippen LogP contribution in [0.2, 0.25) is 5.02 Å². The van der Waals surface area contributed by atoms with E-state index in [4.69, 9.17) is 11.6 Å². The highest BCUT2D eigenvalue weighted by Gasteiger charge is 2.38. The highest BCUT2D eigenvalue weighted by atomic mass is 35.5. The average Bonchev–Trinajstić information content (AvgIpc) is 2.64. The minimum absolute atomic E-state index is 0.0280. The number of Topliss-reactive ketones (excluding diaryl/α,β-unsaturated/α-hetero) is 1. The van der Waals surface area contributed by atoms with Crippen LogP contribution in [0.5, 0.6) is 0 Å². The first-order valence-corrected chi connectivity index (χ1v) is 8.80. The van der Waals surface area contributed by atoms with Gasteiger partial charge >= 0.3 is 0 Å². The molecule has 0 N–H and O–H groups in total. The van der Waals surface area contributed by atoms with E-state index in [1.54, 1.807) is 4.68 Å². The Balaban J connectivity index is 3.17. The van der Waals surface area contributed by atoms with Gasteiger partial charge in [-0.25, -0.2) is 8.42 Å². The quantitative estimate of drug-likeness (QED) is 0.804. The van der Waals surface area contributed by atoms with Gasteiger partial charge in [-0.1, -0.05) is 18.5 Å². The van der Waals surface area contributed by atoms with Crippen LogP contribution in [0.15, 0.2) is 0 Å². The van der Waals surface area contributed by atoms with E-state index < -0.39 is 14.6 Å². The fraction of sp³-hybridized carbons (Fsp3) is 0.692. The summed E-state index contributed by atoms with van der Waals surface area (Å²) in [5.41, 5.74) is 1.32. The number of hydrogen-bond acceptors (Lipinski definition) is 4. The summed E-state index contributed by atoms with van der Waals surface area (Å²) in [7, 11) is -3.48. The van der Waals surface area contributed by atoms with Crippen molar-refractivity contribution >= 4 is 27.2 Å². The van der Waals surface area contributed by atoms with Gasteiger partial charge in [0.05, 0.1) is 22.8 Å². The second kappa shape index (κ2) is 5.85. The van der Waals surface area contributed by atoms with E-state index in [0.717, 1.165) is 11.9 Å². The van der Waals surface area contributed by atoms with Gasteiger partial charge in [-0.3, -0.25) is 9.48 Å². The van der Waals surface area contributed by atoms with Crippen LogP contribution in [-0.4, -0.2) is 35.0 Å². The number of aryl methyl sites for hydroxylation is 2. The summed E-state index contributed by atoms with van der Waals surface area (Å²) in [5, 5.41) is 4.79. The number of nitrogens with zero attached hydrogens (tertiary/aromatic N) is 2. The number of carbonyl (C=O) groups excluding carboxylic acids is 1. The van der Waals surface area contributed by atoms with Crippen molar-refractivity contribution in [2.75, 3.05) is 6.26 Å². The van der Waals surface area contributed by atoms with Crippen LogP contribution in [0.1, 0.15) is 39.1 Å². The van der Waals surface area contributed by atoms with Crippen LogP contribution in [0.25, 0.3) is 0 Å². The fourth-order valence-corrected chi connectivity index (χ4v) is 2.58. The van der Waals surface area contributed by atoms with E-state index in [1.807, 2.05) is 13.8 Å². The number of carbonyl (C=O) groups is 1. The second-order valence-electron chi connectivity index (χ2n) is 5.26. The van der Waals surface area contributed by atoms with Crippen LogP contribution in [0.3, 0.4) is 0 Å². The predicted molar refractivity (Wildman–Crippen MR) is 79.9 cm³/mol. The number of rotatable bonds is 6. The van der Waals surface area contributed by atoms with Crippen molar-refractivity contribution in [1.82, 2.24) is 9.78 Å². The third-order valence-electron chi connectivity index (χ3n) is 3.62. The van der Waals surface area contributed by atoms with Gasteiger partial charge in [-0.2, -0.15) is 5.10 Å². The first-order valence-electron chi connectivity index (χ1n) is 6.53. The van der Waals surface area contributed by atoms with Gasteiger partial charge < -0.3 is 0 Å². The van der Waals surface area contributed by atoms with E-state index in [0.29, 0.717) is 23.7 Å². The predicted octanol–water partition coefficient (Wildman–Crippen LogP) is 2.05. The molecular formula is C13H21ClN2O3S. The molecule has 0 saturated heterocycles. The summed E-state index contributed by atoms with van der Waals surface area (Å²) >= 11 is 6.23. The Bertz CT molecular complexity index is 618. The first kappa shape index (κ1) is 17.2. The molecule has 0 amide bonds. The maximum atomic E-state index is 12.3. The largest absolute Gasteiger partial charge is 0.298 e. The SMILES string of the molecule is CCc1nn(CC)c(CC(=O)C(C)(C)S(C)(=O)=O)c1Cl. The maximum Gasteiger partial charge on any atom is 0.159 e. The van der Waals surface area contributed by atoms with Crippen molar-refractivity contribution in [3.63, 3.8) is 0 Å². The Labute approximate surface area is 125 Å². The molecule has 1 aromatic heterocycles. The second-order valence-corrected chi connectivity index (χ2v) is 8.20. The van der Waals surface area contributed by atoms with Gasteiger partial charge in [0.2, 0.25) is 0 Å². The third kappa shape index (κ3) is 3.06. The first-order chi connectivity index (χ1) is 9.06. The molecule has 0 atom stereocenters. The van der Waals surface area contributed by atoms with E-state index in [1.165, 1.54) is 13.8 Å². The van der Waals surface area contributed by atoms with Gasteiger partial charge in [-0.15, -0.1) is 0 Å². The summed E-state index contributed by atoms with van der Waals surface area (Å²) in [4.78, 5) is 12.3. The summed E-state index contributed by atoms with van der Waals surface area (Å²) < 4.78 is 23.7. The molecule has 0 aliphatic heterocycles. The topological polar surface area (TPSA) is 69.0 Å². The van der Waals surface area contributed by atoms with Crippen LogP contribution in [0, 0.1) is 0 Å². The number of ketones is 1. The minimum Gasteiger partial charge on any atom is -0.298 e. The summed E-state index contributed by atoms with van der Waals surface area (Å²) in [5.74, 6) is -0.376. The normalized spacial score (nSPS) is 12.7. The molecule has 0 aliphatic rings. The molecule has 0 aliphatic carbocycles. The molecule has 0 saturated carbocycles. The van der Waals surface area contributed by atoms with Crippen molar-refractivity contribution in [2.24, 2.45) is 0 Å². The van der Waals surface area contributed by atoms with Crippen molar-refractivity contribution in [1.29, 1.82) is 0 Å². The monoisotopic (exact) mass is 320 g/mol. The Kier molecular flexibility index (Phi) is 5.03. The number of halogens is 1. The third-order valence-corrected chi connectivity index (χ3v) is 6.14. The lowest BCUT2D eigenvalue weighted by Crippen LogP contribution is -2.41. The molecule has 1 heterocycles. The van der Waals surface area contributed by atoms with Crippen LogP contribution in [-0.2, 0) is 34.0 Å². The lowest BCUT2D eigenvalue weighted by molar-refractivity contribution is -0.120. The molecular weight excluding hydrogens is 300 g/mol. The molecule has 114 valence electrons. The maximum absolute atomic E-state index is 12.3. The zero-order valence-electron chi connectivity index (χ0n) is 12.5. The van der Waals surface area contributed by atoms with Crippen molar-refractivity contribution < 1.29 is 13.2 Å². The number of hydrogen-bond donors (Lipinski definition) is 0. The molecule has 20 heavy (non-hydrogen) atoms. The van der Waals surface area contributed by atoms with Gasteiger partial charge in [0.1, 0.15) is 4.75 Å². The Morgan fingerprint density at radius 2 is 1.90 bits per heavy atom. The zero-order valence-corrected chi connectivity index (χ0v) is 14.1. The highest BCUT2D eigenvalue weighted by molar-refractivity contribution is 7.92. The van der Waals surface area contributed by atoms with Gasteiger partial charge in [0.15, 0.2) is 15.6 Å². The van der Waals surface area contributed by atoms with Crippen molar-refractivity contribution in [3.05, 3.63) is 16.4 Å². The fourth-order valence-electron chi connectivity index (χ4n) is 1.76. The number of sulfone groups is 1. The van der Waals surface area contributed by atoms with Gasteiger partial charge in [0.25, 0.3) is 0 Å². The lowest BCUT2D eigenvalue weighted by Gasteiger charge is -2.21. The lowest BCUT2D eigenvalue weighted by atomic mass is 10.0. The summed E-state index contributed by atoms with van der Waals surface area (Å²) in [6, 6.07) is 0. The van der Waals surface area contributed by atoms with Crippen molar-refractivity contribution in [2.45, 2.75) is 51.8 Å². The van der Waals surface area contributed by atoms with E-state index >= 15 is 0 Å². The molecule has 7 heteroatoms. The molecule has 5 nitrogen and oxygen atoms in total. The van der Waals surface area contributed by atoms with E-state index in [9.17, 15) is 13.2 Å². The summed E-state index contributed by atoms with van der Waals surface area (Å²) in [6.45, 7) is 7.26. The van der Waals surface area contributed by atoms with Crippen LogP contribution in [0.4, 0.5) is 0 Å². The average molecular weight is 321 g/mol. The molecule has 1 rings (SSSR count).